The maximum Gasteiger partial charge on any atom is 0.162 e. The average molecular weight is 562 g/mol. The molecule has 0 fully saturated rings. The van der Waals surface area contributed by atoms with Crippen molar-refractivity contribution in [2.24, 2.45) is 0 Å². The van der Waals surface area contributed by atoms with Gasteiger partial charge in [-0.25, -0.2) is 0 Å². The number of aromatic hydroxyl groups is 1. The van der Waals surface area contributed by atoms with Gasteiger partial charge in [-0.15, -0.1) is 0 Å². The molecular weight excluding hydrogens is 529 g/mol. The van der Waals surface area contributed by atoms with Gasteiger partial charge in [0.15, 0.2) is 17.6 Å². The van der Waals surface area contributed by atoms with E-state index in [-0.39, 0.29) is 18.5 Å². The zero-order valence-corrected chi connectivity index (χ0v) is 22.5. The highest BCUT2D eigenvalue weighted by Crippen LogP contribution is 2.33. The van der Waals surface area contributed by atoms with Crippen LogP contribution in [-0.4, -0.2) is 54.3 Å². The van der Waals surface area contributed by atoms with Crippen molar-refractivity contribution < 1.29 is 29.5 Å². The summed E-state index contributed by atoms with van der Waals surface area (Å²) in [6.45, 7) is 2.14. The van der Waals surface area contributed by atoms with Crippen molar-refractivity contribution in [3.8, 4) is 17.2 Å². The van der Waals surface area contributed by atoms with Crippen LogP contribution < -0.4 is 14.8 Å². The molecule has 3 aromatic carbocycles. The first-order valence-corrected chi connectivity index (χ1v) is 13.4. The van der Waals surface area contributed by atoms with E-state index >= 15 is 0 Å². The Kier molecular flexibility index (Phi) is 10.5. The Morgan fingerprint density at radius 2 is 1.84 bits per heavy atom. The molecule has 1 aliphatic rings. The summed E-state index contributed by atoms with van der Waals surface area (Å²) in [5.41, 5.74) is 3.06. The van der Waals surface area contributed by atoms with Crippen LogP contribution in [0.2, 0.25) is 10.0 Å². The van der Waals surface area contributed by atoms with Crippen LogP contribution in [0.1, 0.15) is 34.8 Å². The fourth-order valence-electron chi connectivity index (χ4n) is 4.26. The second kappa shape index (κ2) is 14.0. The van der Waals surface area contributed by atoms with Gasteiger partial charge < -0.3 is 34.8 Å². The van der Waals surface area contributed by atoms with E-state index < -0.39 is 6.10 Å². The molecule has 0 saturated heterocycles. The minimum atomic E-state index is -0.747. The van der Waals surface area contributed by atoms with Crippen molar-refractivity contribution in [1.82, 2.24) is 5.32 Å². The number of nitrogens with one attached hydrogen (secondary N) is 1. The Bertz CT molecular complexity index is 1190. The van der Waals surface area contributed by atoms with Gasteiger partial charge in [-0.1, -0.05) is 41.4 Å². The molecule has 4 N–H and O–H groups in total. The monoisotopic (exact) mass is 561 g/mol. The second-order valence-electron chi connectivity index (χ2n) is 9.23. The molecule has 3 aromatic rings. The molecule has 0 bridgehead atoms. The third-order valence-corrected chi connectivity index (χ3v) is 7.10. The average Bonchev–Trinajstić information content (AvgIpc) is 2.92. The predicted molar refractivity (Wildman–Crippen MR) is 148 cm³/mol. The van der Waals surface area contributed by atoms with Crippen molar-refractivity contribution in [3.05, 3.63) is 86.9 Å². The highest BCUT2D eigenvalue weighted by Gasteiger charge is 2.21. The van der Waals surface area contributed by atoms with E-state index in [0.717, 1.165) is 30.4 Å². The number of phenols is 1. The van der Waals surface area contributed by atoms with E-state index in [1.54, 1.807) is 12.1 Å². The Balaban J connectivity index is 1.17. The second-order valence-corrected chi connectivity index (χ2v) is 10.0. The first kappa shape index (κ1) is 28.5. The molecule has 0 aromatic heterocycles. The summed E-state index contributed by atoms with van der Waals surface area (Å²) in [6, 6.07) is 16.2. The minimum Gasteiger partial charge on any atom is -0.508 e. The molecule has 7 nitrogen and oxygen atoms in total. The number of aliphatic hydroxyl groups is 2. The lowest BCUT2D eigenvalue weighted by Gasteiger charge is -2.27. The summed E-state index contributed by atoms with van der Waals surface area (Å²) >= 11 is 12.5. The molecule has 0 saturated carbocycles. The molecule has 0 aliphatic carbocycles. The van der Waals surface area contributed by atoms with E-state index in [1.807, 2.05) is 36.4 Å². The molecule has 4 rings (SSSR count). The molecule has 0 radical (unpaired) electrons. The Hall–Kier alpha value is -2.52. The van der Waals surface area contributed by atoms with Gasteiger partial charge in [0.2, 0.25) is 0 Å². The molecule has 1 aliphatic heterocycles. The predicted octanol–water partition coefficient (Wildman–Crippen LogP) is 4.85. The lowest BCUT2D eigenvalue weighted by atomic mass is 10.1. The largest absolute Gasteiger partial charge is 0.508 e. The summed E-state index contributed by atoms with van der Waals surface area (Å²) < 4.78 is 17.8. The van der Waals surface area contributed by atoms with Crippen LogP contribution in [-0.2, 0) is 24.2 Å². The van der Waals surface area contributed by atoms with Gasteiger partial charge in [0.25, 0.3) is 0 Å². The van der Waals surface area contributed by atoms with E-state index in [9.17, 15) is 15.3 Å². The van der Waals surface area contributed by atoms with Gasteiger partial charge in [0.1, 0.15) is 12.4 Å². The number of fused-ring (bicyclic) bond motifs is 1. The molecular formula is C29H33Cl2NO6. The van der Waals surface area contributed by atoms with Crippen LogP contribution in [0, 0.1) is 0 Å². The topological polar surface area (TPSA) is 100 Å². The highest BCUT2D eigenvalue weighted by atomic mass is 35.5. The van der Waals surface area contributed by atoms with Gasteiger partial charge in [0, 0.05) is 28.8 Å². The number of aliphatic hydroxyl groups excluding tert-OH is 2. The van der Waals surface area contributed by atoms with Crippen LogP contribution in [0.4, 0.5) is 0 Å². The number of rotatable bonds is 13. The number of hydrogen-bond donors (Lipinski definition) is 4. The summed E-state index contributed by atoms with van der Waals surface area (Å²) in [7, 11) is 0. The molecule has 1 heterocycles. The van der Waals surface area contributed by atoms with Crippen molar-refractivity contribution >= 4 is 23.2 Å². The fourth-order valence-corrected chi connectivity index (χ4v) is 4.85. The van der Waals surface area contributed by atoms with Crippen LogP contribution in [0.15, 0.2) is 54.6 Å². The van der Waals surface area contributed by atoms with Crippen molar-refractivity contribution in [1.29, 1.82) is 0 Å². The summed E-state index contributed by atoms with van der Waals surface area (Å²) in [4.78, 5) is 0. The Labute approximate surface area is 232 Å². The van der Waals surface area contributed by atoms with Crippen LogP contribution in [0.3, 0.4) is 0 Å². The van der Waals surface area contributed by atoms with Crippen molar-refractivity contribution in [3.63, 3.8) is 0 Å². The van der Waals surface area contributed by atoms with Crippen LogP contribution in [0.25, 0.3) is 0 Å². The molecule has 0 amide bonds. The normalized spacial score (nSPS) is 15.4. The Morgan fingerprint density at radius 1 is 1.03 bits per heavy atom. The van der Waals surface area contributed by atoms with Crippen molar-refractivity contribution in [2.75, 3.05) is 32.9 Å². The lowest BCUT2D eigenvalue weighted by Crippen LogP contribution is -2.33. The summed E-state index contributed by atoms with van der Waals surface area (Å²) in [6.07, 6.45) is 1.35. The Morgan fingerprint density at radius 3 is 2.63 bits per heavy atom. The zero-order chi connectivity index (χ0) is 26.9. The third-order valence-electron chi connectivity index (χ3n) is 6.39. The molecule has 2 atom stereocenters. The smallest absolute Gasteiger partial charge is 0.162 e. The molecule has 204 valence electrons. The number of hydrogen-bond acceptors (Lipinski definition) is 7. The van der Waals surface area contributed by atoms with Gasteiger partial charge in [-0.3, -0.25) is 0 Å². The zero-order valence-electron chi connectivity index (χ0n) is 21.0. The van der Waals surface area contributed by atoms with E-state index in [4.69, 9.17) is 37.4 Å². The quantitative estimate of drug-likeness (QED) is 0.221. The van der Waals surface area contributed by atoms with E-state index in [1.165, 1.54) is 6.07 Å². The van der Waals surface area contributed by atoms with Crippen molar-refractivity contribution in [2.45, 2.75) is 38.1 Å². The van der Waals surface area contributed by atoms with Gasteiger partial charge in [-0.2, -0.15) is 0 Å². The third kappa shape index (κ3) is 7.76. The first-order chi connectivity index (χ1) is 18.4. The molecule has 9 heteroatoms. The molecule has 38 heavy (non-hydrogen) atoms. The maximum absolute atomic E-state index is 10.4. The minimum absolute atomic E-state index is 0.0163. The van der Waals surface area contributed by atoms with Gasteiger partial charge in [-0.05, 0) is 78.9 Å². The van der Waals surface area contributed by atoms with Gasteiger partial charge >= 0.3 is 0 Å². The van der Waals surface area contributed by atoms with Gasteiger partial charge in [0.05, 0.1) is 19.3 Å². The lowest BCUT2D eigenvalue weighted by molar-refractivity contribution is 0.00821. The number of halogens is 2. The molecule has 2 unspecified atom stereocenters. The maximum atomic E-state index is 10.4. The standard InChI is InChI=1S/C29H33Cl2NO6/c30-24-4-1-5-25(31)23(24)3-2-12-36-17-22-18-37-28-9-6-19(13-29(28)38-22)10-11-32-15-27(35)20-7-8-26(34)21(14-20)16-33/h1,4-9,13-14,22,27,32-35H,2-3,10-12,15-18H2. The SMILES string of the molecule is OCc1cc(C(O)CNCCc2ccc3c(c2)OC(COCCCc2c(Cl)cccc2Cl)CO3)ccc1O. The van der Waals surface area contributed by atoms with E-state index in [2.05, 4.69) is 5.32 Å². The van der Waals surface area contributed by atoms with Crippen LogP contribution in [0.5, 0.6) is 17.2 Å². The van der Waals surface area contributed by atoms with Crippen LogP contribution >= 0.6 is 23.2 Å². The number of benzene rings is 3. The summed E-state index contributed by atoms with van der Waals surface area (Å²) in [5, 5.41) is 34.0. The highest BCUT2D eigenvalue weighted by molar-refractivity contribution is 6.35. The first-order valence-electron chi connectivity index (χ1n) is 12.7. The molecule has 0 spiro atoms. The number of ether oxygens (including phenoxy) is 3. The summed E-state index contributed by atoms with van der Waals surface area (Å²) in [5.74, 6) is 1.43. The fraction of sp³-hybridized carbons (Fsp3) is 0.379. The van der Waals surface area contributed by atoms with E-state index in [0.29, 0.717) is 65.6 Å².